The van der Waals surface area contributed by atoms with Crippen LogP contribution in [0.25, 0.3) is 0 Å². The maximum absolute atomic E-state index is 12.9. The molecule has 2 rings (SSSR count). The summed E-state index contributed by atoms with van der Waals surface area (Å²) in [5.41, 5.74) is -1.07. The molecular formula is C16H19ClF3N3O3. The van der Waals surface area contributed by atoms with Crippen molar-refractivity contribution in [1.29, 1.82) is 0 Å². The molecule has 0 spiro atoms. The van der Waals surface area contributed by atoms with E-state index in [0.717, 1.165) is 25.0 Å². The number of halogens is 4. The molecular weight excluding hydrogens is 375 g/mol. The van der Waals surface area contributed by atoms with Crippen molar-refractivity contribution in [2.24, 2.45) is 5.92 Å². The molecule has 26 heavy (non-hydrogen) atoms. The molecule has 0 aromatic carbocycles. The Hall–Kier alpha value is -1.87. The normalized spacial score (nSPS) is 20.4. The standard InChI is InChI=1S/C16H19ClF3N3O3/c1-3-4-7-26-8-23(12-9(2)14(24)22-15(12)25)11-6-5-10(13(17)21-11)16(18,19)20/h5-6,9,12H,3-4,7-8H2,1-2H3,(H,22,24,25). The molecule has 0 saturated carbocycles. The van der Waals surface area contributed by atoms with Gasteiger partial charge >= 0.3 is 6.18 Å². The third-order valence-corrected chi connectivity index (χ3v) is 4.33. The Morgan fingerprint density at radius 2 is 2.00 bits per heavy atom. The van der Waals surface area contributed by atoms with E-state index in [0.29, 0.717) is 6.61 Å². The second-order valence-electron chi connectivity index (χ2n) is 5.95. The van der Waals surface area contributed by atoms with E-state index in [1.54, 1.807) is 6.92 Å². The summed E-state index contributed by atoms with van der Waals surface area (Å²) in [4.78, 5) is 29.0. The van der Waals surface area contributed by atoms with Gasteiger partial charge in [-0.1, -0.05) is 31.9 Å². The fourth-order valence-corrected chi connectivity index (χ4v) is 2.84. The van der Waals surface area contributed by atoms with Crippen LogP contribution in [0, 0.1) is 5.92 Å². The lowest BCUT2D eigenvalue weighted by atomic mass is 10.0. The Morgan fingerprint density at radius 3 is 2.50 bits per heavy atom. The smallest absolute Gasteiger partial charge is 0.361 e. The first-order valence-corrected chi connectivity index (χ1v) is 8.47. The number of hydrogen-bond donors (Lipinski definition) is 1. The quantitative estimate of drug-likeness (QED) is 0.334. The molecule has 1 saturated heterocycles. The van der Waals surface area contributed by atoms with Gasteiger partial charge in [0.15, 0.2) is 0 Å². The summed E-state index contributed by atoms with van der Waals surface area (Å²) in [6.45, 7) is 3.82. The molecule has 10 heteroatoms. The second-order valence-corrected chi connectivity index (χ2v) is 6.31. The summed E-state index contributed by atoms with van der Waals surface area (Å²) >= 11 is 5.68. The zero-order valence-corrected chi connectivity index (χ0v) is 15.0. The monoisotopic (exact) mass is 393 g/mol. The minimum Gasteiger partial charge on any atom is -0.361 e. The van der Waals surface area contributed by atoms with Gasteiger partial charge in [-0.2, -0.15) is 13.2 Å². The average Bonchev–Trinajstić information content (AvgIpc) is 2.79. The van der Waals surface area contributed by atoms with Crippen LogP contribution in [-0.2, 0) is 20.5 Å². The molecule has 0 radical (unpaired) electrons. The number of imide groups is 1. The van der Waals surface area contributed by atoms with Crippen LogP contribution in [0.5, 0.6) is 0 Å². The number of anilines is 1. The molecule has 0 bridgehead atoms. The number of nitrogens with zero attached hydrogens (tertiary/aromatic N) is 2. The number of carbonyl (C=O) groups excluding carboxylic acids is 2. The van der Waals surface area contributed by atoms with Crippen molar-refractivity contribution in [1.82, 2.24) is 10.3 Å². The highest BCUT2D eigenvalue weighted by Crippen LogP contribution is 2.35. The first-order chi connectivity index (χ1) is 12.2. The number of hydrogen-bond acceptors (Lipinski definition) is 5. The highest BCUT2D eigenvalue weighted by molar-refractivity contribution is 6.30. The van der Waals surface area contributed by atoms with Crippen LogP contribution in [0.2, 0.25) is 5.15 Å². The van der Waals surface area contributed by atoms with Gasteiger partial charge in [0.25, 0.3) is 0 Å². The van der Waals surface area contributed by atoms with Gasteiger partial charge in [-0.3, -0.25) is 14.9 Å². The fraction of sp³-hybridized carbons (Fsp3) is 0.562. The SMILES string of the molecule is CCCCOCN(c1ccc(C(F)(F)F)c(Cl)n1)C1C(=O)NC(=O)C1C. The summed E-state index contributed by atoms with van der Waals surface area (Å²) in [5, 5.41) is 1.47. The van der Waals surface area contributed by atoms with Crippen molar-refractivity contribution < 1.29 is 27.5 Å². The van der Waals surface area contributed by atoms with Gasteiger partial charge in [0, 0.05) is 6.61 Å². The molecule has 0 aliphatic carbocycles. The van der Waals surface area contributed by atoms with Crippen LogP contribution < -0.4 is 10.2 Å². The van der Waals surface area contributed by atoms with Crippen LogP contribution >= 0.6 is 11.6 Å². The van der Waals surface area contributed by atoms with Crippen LogP contribution in [-0.4, -0.2) is 36.2 Å². The lowest BCUT2D eigenvalue weighted by molar-refractivity contribution is -0.137. The van der Waals surface area contributed by atoms with Gasteiger partial charge in [0.05, 0.1) is 11.5 Å². The Morgan fingerprint density at radius 1 is 1.31 bits per heavy atom. The van der Waals surface area contributed by atoms with Gasteiger partial charge in [-0.05, 0) is 18.6 Å². The molecule has 2 unspecified atom stereocenters. The van der Waals surface area contributed by atoms with Crippen molar-refractivity contribution in [2.75, 3.05) is 18.2 Å². The highest BCUT2D eigenvalue weighted by atomic mass is 35.5. The summed E-state index contributed by atoms with van der Waals surface area (Å²) < 4.78 is 44.1. The number of nitrogens with one attached hydrogen (secondary N) is 1. The summed E-state index contributed by atoms with van der Waals surface area (Å²) in [7, 11) is 0. The number of ether oxygens (including phenoxy) is 1. The number of pyridine rings is 1. The minimum atomic E-state index is -4.64. The molecule has 2 heterocycles. The molecule has 2 amide bonds. The fourth-order valence-electron chi connectivity index (χ4n) is 2.59. The van der Waals surface area contributed by atoms with Gasteiger partial charge in [-0.25, -0.2) is 4.98 Å². The zero-order chi connectivity index (χ0) is 19.5. The Kier molecular flexibility index (Phi) is 6.46. The number of carbonyl (C=O) groups is 2. The lowest BCUT2D eigenvalue weighted by Crippen LogP contribution is -2.45. The predicted octanol–water partition coefficient (Wildman–Crippen LogP) is 3.00. The molecule has 6 nitrogen and oxygen atoms in total. The van der Waals surface area contributed by atoms with Gasteiger partial charge in [-0.15, -0.1) is 0 Å². The highest BCUT2D eigenvalue weighted by Gasteiger charge is 2.43. The van der Waals surface area contributed by atoms with E-state index in [9.17, 15) is 22.8 Å². The molecule has 1 aliphatic rings. The third-order valence-electron chi connectivity index (χ3n) is 4.04. The van der Waals surface area contributed by atoms with E-state index in [2.05, 4.69) is 10.3 Å². The van der Waals surface area contributed by atoms with Crippen LogP contribution in [0.15, 0.2) is 12.1 Å². The largest absolute Gasteiger partial charge is 0.419 e. The topological polar surface area (TPSA) is 71.5 Å². The number of alkyl halides is 3. The van der Waals surface area contributed by atoms with E-state index in [4.69, 9.17) is 16.3 Å². The lowest BCUT2D eigenvalue weighted by Gasteiger charge is -2.30. The van der Waals surface area contributed by atoms with Crippen molar-refractivity contribution in [2.45, 2.75) is 38.9 Å². The van der Waals surface area contributed by atoms with Crippen molar-refractivity contribution in [3.05, 3.63) is 22.8 Å². The Balaban J connectivity index is 2.33. The zero-order valence-electron chi connectivity index (χ0n) is 14.3. The van der Waals surface area contributed by atoms with E-state index in [-0.39, 0.29) is 12.5 Å². The Bertz CT molecular complexity index is 684. The molecule has 2 atom stereocenters. The van der Waals surface area contributed by atoms with Crippen LogP contribution in [0.4, 0.5) is 19.0 Å². The maximum Gasteiger partial charge on any atom is 0.419 e. The first kappa shape index (κ1) is 20.4. The molecule has 1 fully saturated rings. The minimum absolute atomic E-state index is 0.0289. The molecule has 1 N–H and O–H groups in total. The van der Waals surface area contributed by atoms with E-state index in [1.807, 2.05) is 6.92 Å². The maximum atomic E-state index is 12.9. The van der Waals surface area contributed by atoms with Gasteiger partial charge in [0.2, 0.25) is 11.8 Å². The first-order valence-electron chi connectivity index (χ1n) is 8.09. The predicted molar refractivity (Wildman–Crippen MR) is 88.6 cm³/mol. The second kappa shape index (κ2) is 8.22. The molecule has 1 aliphatic heterocycles. The summed E-state index contributed by atoms with van der Waals surface area (Å²) in [6.07, 6.45) is -2.97. The molecule has 1 aromatic rings. The molecule has 1 aromatic heterocycles. The Labute approximate surface area is 153 Å². The van der Waals surface area contributed by atoms with E-state index in [1.165, 1.54) is 4.90 Å². The number of unbranched alkanes of at least 4 members (excludes halogenated alkanes) is 1. The average molecular weight is 394 g/mol. The number of aromatic nitrogens is 1. The van der Waals surface area contributed by atoms with Crippen LogP contribution in [0.1, 0.15) is 32.3 Å². The van der Waals surface area contributed by atoms with Crippen LogP contribution in [0.3, 0.4) is 0 Å². The van der Waals surface area contributed by atoms with Crippen molar-refractivity contribution >= 4 is 29.2 Å². The number of amides is 2. The van der Waals surface area contributed by atoms with Crippen molar-refractivity contribution in [3.8, 4) is 0 Å². The van der Waals surface area contributed by atoms with Crippen molar-refractivity contribution in [3.63, 3.8) is 0 Å². The van der Waals surface area contributed by atoms with Gasteiger partial charge in [0.1, 0.15) is 23.7 Å². The molecule has 144 valence electrons. The number of rotatable bonds is 7. The van der Waals surface area contributed by atoms with E-state index < -0.39 is 40.7 Å². The van der Waals surface area contributed by atoms with Gasteiger partial charge < -0.3 is 9.64 Å². The third kappa shape index (κ3) is 4.45. The summed E-state index contributed by atoms with van der Waals surface area (Å²) in [6, 6.07) is 0.966. The van der Waals surface area contributed by atoms with E-state index >= 15 is 0 Å². The summed E-state index contributed by atoms with van der Waals surface area (Å²) in [5.74, 6) is -1.70.